The van der Waals surface area contributed by atoms with Crippen molar-refractivity contribution in [2.75, 3.05) is 25.4 Å². The van der Waals surface area contributed by atoms with Gasteiger partial charge in [-0.1, -0.05) is 19.3 Å². The highest BCUT2D eigenvalue weighted by molar-refractivity contribution is 7.80. The van der Waals surface area contributed by atoms with Gasteiger partial charge in [0, 0.05) is 40.0 Å². The Hall–Kier alpha value is -2.95. The van der Waals surface area contributed by atoms with Crippen LogP contribution in [0.15, 0.2) is 0 Å². The number of rotatable bonds is 6. The van der Waals surface area contributed by atoms with Crippen molar-refractivity contribution in [3.05, 3.63) is 0 Å². The molecule has 0 aliphatic heterocycles. The molecular weight excluding hydrogens is 506 g/mol. The molecule has 0 aromatic rings. The van der Waals surface area contributed by atoms with Gasteiger partial charge in [-0.3, -0.25) is 33.7 Å². The van der Waals surface area contributed by atoms with Crippen molar-refractivity contribution < 1.29 is 59.4 Å². The predicted molar refractivity (Wildman–Crippen MR) is 133 cm³/mol. The van der Waals surface area contributed by atoms with E-state index in [0.717, 1.165) is 40.5 Å². The van der Waals surface area contributed by atoms with Crippen LogP contribution in [0.4, 0.5) is 0 Å². The Bertz CT molecular complexity index is 557. The summed E-state index contributed by atoms with van der Waals surface area (Å²) in [7, 11) is 0. The van der Waals surface area contributed by atoms with E-state index >= 15 is 0 Å². The lowest BCUT2D eigenvalue weighted by Gasteiger charge is -2.28. The lowest BCUT2D eigenvalue weighted by molar-refractivity contribution is -0.142. The first kappa shape index (κ1) is 43.1. The van der Waals surface area contributed by atoms with E-state index in [-0.39, 0.29) is 18.8 Å². The molecule has 1 aliphatic carbocycles. The van der Waals surface area contributed by atoms with E-state index < -0.39 is 35.8 Å². The van der Waals surface area contributed by atoms with Gasteiger partial charge >= 0.3 is 11.9 Å². The van der Waals surface area contributed by atoms with Crippen molar-refractivity contribution in [1.82, 2.24) is 4.90 Å². The Labute approximate surface area is 215 Å². The number of thiol groups is 1. The normalized spacial score (nSPS) is 12.3. The first-order chi connectivity index (χ1) is 16.2. The van der Waals surface area contributed by atoms with Gasteiger partial charge in [-0.15, -0.1) is 0 Å². The zero-order valence-corrected chi connectivity index (χ0v) is 21.9. The van der Waals surface area contributed by atoms with Crippen LogP contribution >= 0.6 is 12.6 Å². The Morgan fingerprint density at radius 1 is 0.667 bits per heavy atom. The second kappa shape index (κ2) is 28.3. The van der Waals surface area contributed by atoms with Crippen LogP contribution < -0.4 is 11.5 Å². The molecule has 15 nitrogen and oxygen atoms in total. The molecule has 0 saturated heterocycles. The Kier molecular flexibility index (Phi) is 33.9. The molecule has 0 spiro atoms. The molecule has 0 aromatic heterocycles. The molecule has 0 radical (unpaired) electrons. The quantitative estimate of drug-likeness (QED) is 0.160. The summed E-state index contributed by atoms with van der Waals surface area (Å²) in [4.78, 5) is 57.7. The topological polar surface area (TPSA) is 279 Å². The SMILES string of the molecule is CC(=O)O.CC(=O)O.CC(=O)O.CC(=O)O.NC1(N)CCCCC1.O=C(O)CN(CCS)CC(=O)O. The molecule has 36 heavy (non-hydrogen) atoms. The van der Waals surface area contributed by atoms with Crippen LogP contribution in [-0.2, 0) is 28.8 Å². The maximum Gasteiger partial charge on any atom is 0.317 e. The summed E-state index contributed by atoms with van der Waals surface area (Å²) in [6.07, 6.45) is 5.76. The fraction of sp³-hybridized carbons (Fsp3) is 0.700. The van der Waals surface area contributed by atoms with Gasteiger partial charge in [0.2, 0.25) is 0 Å². The summed E-state index contributed by atoms with van der Waals surface area (Å²) in [5.41, 5.74) is 11.0. The van der Waals surface area contributed by atoms with Gasteiger partial charge < -0.3 is 42.1 Å². The molecule has 10 N–H and O–H groups in total. The fourth-order valence-corrected chi connectivity index (χ4v) is 2.23. The summed E-state index contributed by atoms with van der Waals surface area (Å²) >= 11 is 3.88. The van der Waals surface area contributed by atoms with E-state index in [9.17, 15) is 9.59 Å². The van der Waals surface area contributed by atoms with Gasteiger partial charge in [-0.25, -0.2) is 0 Å². The van der Waals surface area contributed by atoms with Gasteiger partial charge in [0.1, 0.15) is 0 Å². The van der Waals surface area contributed by atoms with Gasteiger partial charge in [-0.05, 0) is 12.8 Å². The molecular formula is C20H41N3O12S. The van der Waals surface area contributed by atoms with Gasteiger partial charge in [0.15, 0.2) is 0 Å². The third-order valence-corrected chi connectivity index (χ3v) is 3.12. The molecule has 16 heteroatoms. The monoisotopic (exact) mass is 547 g/mol. The van der Waals surface area contributed by atoms with E-state index in [1.165, 1.54) is 24.2 Å². The van der Waals surface area contributed by atoms with E-state index in [1.807, 2.05) is 0 Å². The highest BCUT2D eigenvalue weighted by Crippen LogP contribution is 2.20. The maximum absolute atomic E-state index is 10.2. The molecule has 0 aromatic carbocycles. The lowest BCUT2D eigenvalue weighted by atomic mass is 9.91. The molecule has 1 saturated carbocycles. The number of carbonyl (C=O) groups is 6. The van der Waals surface area contributed by atoms with E-state index in [1.54, 1.807) is 0 Å². The van der Waals surface area contributed by atoms with Crippen molar-refractivity contribution >= 4 is 48.4 Å². The highest BCUT2D eigenvalue weighted by Gasteiger charge is 2.21. The van der Waals surface area contributed by atoms with Crippen molar-refractivity contribution in [3.8, 4) is 0 Å². The van der Waals surface area contributed by atoms with Crippen LogP contribution in [0.1, 0.15) is 59.8 Å². The average Bonchev–Trinajstić information content (AvgIpc) is 2.59. The first-order valence-electron chi connectivity index (χ1n) is 10.3. The second-order valence-electron chi connectivity index (χ2n) is 7.09. The van der Waals surface area contributed by atoms with E-state index in [2.05, 4.69) is 12.6 Å². The smallest absolute Gasteiger partial charge is 0.317 e. The minimum absolute atomic E-state index is 0.257. The molecule has 1 aliphatic rings. The van der Waals surface area contributed by atoms with Gasteiger partial charge in [-0.2, -0.15) is 12.6 Å². The number of hydrogen-bond donors (Lipinski definition) is 9. The molecule has 0 unspecified atom stereocenters. The largest absolute Gasteiger partial charge is 0.481 e. The zero-order chi connectivity index (χ0) is 29.9. The zero-order valence-electron chi connectivity index (χ0n) is 21.0. The third kappa shape index (κ3) is 86.1. The Balaban J connectivity index is -0.000000116. The van der Waals surface area contributed by atoms with Crippen molar-refractivity contribution in [1.29, 1.82) is 0 Å². The minimum atomic E-state index is -1.03. The van der Waals surface area contributed by atoms with Crippen LogP contribution in [0.3, 0.4) is 0 Å². The number of hydrogen-bond acceptors (Lipinski definition) is 10. The summed E-state index contributed by atoms with van der Waals surface area (Å²) in [6, 6.07) is 0. The lowest BCUT2D eigenvalue weighted by Crippen LogP contribution is -2.50. The van der Waals surface area contributed by atoms with Crippen LogP contribution in [0.2, 0.25) is 0 Å². The fourth-order valence-electron chi connectivity index (χ4n) is 1.95. The van der Waals surface area contributed by atoms with Crippen LogP contribution in [0.25, 0.3) is 0 Å². The molecule has 0 atom stereocenters. The molecule has 0 bridgehead atoms. The number of carboxylic acid groups (broad SMARTS) is 6. The predicted octanol–water partition coefficient (Wildman–Crippen LogP) is 0.315. The molecule has 0 amide bonds. The average molecular weight is 548 g/mol. The Morgan fingerprint density at radius 3 is 1.06 bits per heavy atom. The van der Waals surface area contributed by atoms with Crippen LogP contribution in [-0.4, -0.2) is 102 Å². The highest BCUT2D eigenvalue weighted by atomic mass is 32.1. The van der Waals surface area contributed by atoms with E-state index in [0.29, 0.717) is 12.3 Å². The van der Waals surface area contributed by atoms with Crippen LogP contribution in [0, 0.1) is 0 Å². The van der Waals surface area contributed by atoms with E-state index in [4.69, 9.17) is 61.3 Å². The summed E-state index contributed by atoms with van der Waals surface area (Å²) in [5, 5.41) is 46.4. The second-order valence-corrected chi connectivity index (χ2v) is 7.54. The standard InChI is InChI=1S/C6H14N2.C6H11NO4S.4C2H4O2/c7-6(8)4-2-1-3-5-6;8-5(9)3-7(1-2-12)4-6(10)11;4*1-2(3)4/h1-5,7-8H2;12H,1-4H2,(H,8,9)(H,10,11);4*1H3,(H,3,4). The van der Waals surface area contributed by atoms with Crippen molar-refractivity contribution in [3.63, 3.8) is 0 Å². The number of nitrogens with two attached hydrogens (primary N) is 2. The van der Waals surface area contributed by atoms with Gasteiger partial charge in [0.25, 0.3) is 23.9 Å². The van der Waals surface area contributed by atoms with Gasteiger partial charge in [0.05, 0.1) is 18.8 Å². The number of nitrogens with zero attached hydrogens (tertiary/aromatic N) is 1. The third-order valence-electron chi connectivity index (χ3n) is 2.92. The number of aliphatic carboxylic acids is 6. The molecule has 1 rings (SSSR count). The molecule has 1 fully saturated rings. The summed E-state index contributed by atoms with van der Waals surface area (Å²) in [6.45, 7) is 4.18. The van der Waals surface area contributed by atoms with Crippen molar-refractivity contribution in [2.45, 2.75) is 65.5 Å². The molecule has 0 heterocycles. The summed E-state index contributed by atoms with van der Waals surface area (Å²) < 4.78 is 0. The first-order valence-corrected chi connectivity index (χ1v) is 11.0. The van der Waals surface area contributed by atoms with Crippen molar-refractivity contribution in [2.24, 2.45) is 11.5 Å². The minimum Gasteiger partial charge on any atom is -0.481 e. The maximum atomic E-state index is 10.2. The summed E-state index contributed by atoms with van der Waals surface area (Å²) in [5.74, 6) is -4.95. The van der Waals surface area contributed by atoms with Crippen LogP contribution in [0.5, 0.6) is 0 Å². The number of carboxylic acids is 6. The molecule has 214 valence electrons. The Morgan fingerprint density at radius 2 is 0.917 bits per heavy atom.